The van der Waals surface area contributed by atoms with Crippen LogP contribution in [0, 0.1) is 6.92 Å². The van der Waals surface area contributed by atoms with Crippen LogP contribution in [0.15, 0.2) is 35.0 Å². The zero-order chi connectivity index (χ0) is 18.8. The second-order valence-corrected chi connectivity index (χ2v) is 9.58. The van der Waals surface area contributed by atoms with Crippen LogP contribution in [0.25, 0.3) is 10.6 Å². The van der Waals surface area contributed by atoms with Gasteiger partial charge in [-0.05, 0) is 36.6 Å². The second kappa shape index (κ2) is 8.22. The van der Waals surface area contributed by atoms with E-state index in [4.69, 9.17) is 11.6 Å². The van der Waals surface area contributed by atoms with Gasteiger partial charge < -0.3 is 10.2 Å². The summed E-state index contributed by atoms with van der Waals surface area (Å²) in [7, 11) is 0. The first kappa shape index (κ1) is 18.8. The van der Waals surface area contributed by atoms with Gasteiger partial charge in [-0.25, -0.2) is 4.98 Å². The Kier molecular flexibility index (Phi) is 5.73. The molecule has 0 unspecified atom stereocenters. The number of rotatable bonds is 4. The van der Waals surface area contributed by atoms with E-state index >= 15 is 0 Å². The van der Waals surface area contributed by atoms with Crippen LogP contribution >= 0.6 is 46.0 Å². The Balaban J connectivity index is 1.50. The number of nitrogens with one attached hydrogen (secondary N) is 1. The summed E-state index contributed by atoms with van der Waals surface area (Å²) in [6.45, 7) is 3.87. The third kappa shape index (κ3) is 4.16. The lowest BCUT2D eigenvalue weighted by Crippen LogP contribution is -2.32. The van der Waals surface area contributed by atoms with Crippen molar-refractivity contribution >= 4 is 63.3 Å². The highest BCUT2D eigenvalue weighted by Crippen LogP contribution is 2.32. The number of halogens is 1. The fourth-order valence-corrected chi connectivity index (χ4v) is 5.83. The average Bonchev–Trinajstić information content (AvgIpc) is 3.32. The van der Waals surface area contributed by atoms with Gasteiger partial charge in [0.05, 0.1) is 16.4 Å². The molecule has 8 heteroatoms. The van der Waals surface area contributed by atoms with Crippen LogP contribution in [-0.2, 0) is 0 Å². The summed E-state index contributed by atoms with van der Waals surface area (Å²) in [5.74, 6) is 2.09. The van der Waals surface area contributed by atoms with Crippen LogP contribution in [0.5, 0.6) is 0 Å². The Morgan fingerprint density at radius 1 is 1.26 bits per heavy atom. The van der Waals surface area contributed by atoms with Crippen molar-refractivity contribution in [1.82, 2.24) is 4.98 Å². The zero-order valence-electron chi connectivity index (χ0n) is 14.7. The standard InChI is InChI=1S/C19H18ClN3OS3/c1-12-17(27-19(21-12)13-4-7-26-11-13)18(24)22-14-2-3-16(15(20)10-14)23-5-8-25-9-6-23/h2-4,7,10-11H,5-6,8-9H2,1H3,(H,22,24). The number of aryl methyl sites for hydroxylation is 1. The molecule has 140 valence electrons. The maximum Gasteiger partial charge on any atom is 0.267 e. The van der Waals surface area contributed by atoms with E-state index in [1.54, 1.807) is 11.3 Å². The van der Waals surface area contributed by atoms with Crippen molar-refractivity contribution in [3.63, 3.8) is 0 Å². The van der Waals surface area contributed by atoms with Crippen molar-refractivity contribution in [3.05, 3.63) is 50.6 Å². The van der Waals surface area contributed by atoms with Gasteiger partial charge in [-0.15, -0.1) is 11.3 Å². The minimum absolute atomic E-state index is 0.148. The lowest BCUT2D eigenvalue weighted by atomic mass is 10.2. The molecule has 3 aromatic rings. The van der Waals surface area contributed by atoms with Crippen molar-refractivity contribution in [3.8, 4) is 10.6 Å². The molecule has 0 saturated carbocycles. The van der Waals surface area contributed by atoms with E-state index < -0.39 is 0 Å². The lowest BCUT2D eigenvalue weighted by Gasteiger charge is -2.29. The Morgan fingerprint density at radius 2 is 2.07 bits per heavy atom. The normalized spacial score (nSPS) is 14.4. The number of carbonyl (C=O) groups is 1. The monoisotopic (exact) mass is 435 g/mol. The molecule has 4 nitrogen and oxygen atoms in total. The minimum Gasteiger partial charge on any atom is -0.369 e. The van der Waals surface area contributed by atoms with Gasteiger partial charge >= 0.3 is 0 Å². The number of hydrogen-bond donors (Lipinski definition) is 1. The second-order valence-electron chi connectivity index (χ2n) is 6.17. The third-order valence-electron chi connectivity index (χ3n) is 4.33. The summed E-state index contributed by atoms with van der Waals surface area (Å²) in [6.07, 6.45) is 0. The fourth-order valence-electron chi connectivity index (χ4n) is 2.95. The van der Waals surface area contributed by atoms with E-state index in [2.05, 4.69) is 15.2 Å². The molecule has 0 radical (unpaired) electrons. The summed E-state index contributed by atoms with van der Waals surface area (Å²) in [6, 6.07) is 7.75. The summed E-state index contributed by atoms with van der Waals surface area (Å²) in [5.41, 5.74) is 3.53. The van der Waals surface area contributed by atoms with Crippen LogP contribution in [-0.4, -0.2) is 35.5 Å². The van der Waals surface area contributed by atoms with E-state index in [0.717, 1.165) is 46.5 Å². The number of aromatic nitrogens is 1. The molecule has 1 amide bonds. The van der Waals surface area contributed by atoms with E-state index in [1.807, 2.05) is 53.7 Å². The number of anilines is 2. The molecule has 3 heterocycles. The van der Waals surface area contributed by atoms with E-state index in [-0.39, 0.29) is 5.91 Å². The van der Waals surface area contributed by atoms with E-state index in [0.29, 0.717) is 15.6 Å². The topological polar surface area (TPSA) is 45.2 Å². The van der Waals surface area contributed by atoms with Crippen molar-refractivity contribution in [2.75, 3.05) is 34.8 Å². The summed E-state index contributed by atoms with van der Waals surface area (Å²) in [5, 5.41) is 8.54. The van der Waals surface area contributed by atoms with Crippen LogP contribution in [0.4, 0.5) is 11.4 Å². The smallest absolute Gasteiger partial charge is 0.267 e. The average molecular weight is 436 g/mol. The van der Waals surface area contributed by atoms with Crippen molar-refractivity contribution < 1.29 is 4.79 Å². The molecular weight excluding hydrogens is 418 g/mol. The fraction of sp³-hybridized carbons (Fsp3) is 0.263. The van der Waals surface area contributed by atoms with Gasteiger partial charge in [0, 0.05) is 41.2 Å². The molecule has 1 N–H and O–H groups in total. The number of nitrogens with zero attached hydrogens (tertiary/aromatic N) is 2. The van der Waals surface area contributed by atoms with Crippen LogP contribution < -0.4 is 10.2 Å². The van der Waals surface area contributed by atoms with Gasteiger partial charge in [-0.1, -0.05) is 11.6 Å². The number of carbonyl (C=O) groups excluding carboxylic acids is 1. The third-order valence-corrected chi connectivity index (χ3v) is 7.46. The first-order valence-electron chi connectivity index (χ1n) is 8.55. The number of thioether (sulfide) groups is 1. The number of thiazole rings is 1. The first-order valence-corrected chi connectivity index (χ1v) is 11.8. The van der Waals surface area contributed by atoms with Crippen molar-refractivity contribution in [2.24, 2.45) is 0 Å². The lowest BCUT2D eigenvalue weighted by molar-refractivity contribution is 0.103. The molecule has 1 saturated heterocycles. The molecule has 0 atom stereocenters. The van der Waals surface area contributed by atoms with Crippen LogP contribution in [0.3, 0.4) is 0 Å². The summed E-state index contributed by atoms with van der Waals surface area (Å²) >= 11 is 11.5. The summed E-state index contributed by atoms with van der Waals surface area (Å²) in [4.78, 5) is 20.2. The summed E-state index contributed by atoms with van der Waals surface area (Å²) < 4.78 is 0. The Bertz CT molecular complexity index is 949. The Hall–Kier alpha value is -1.54. The molecule has 0 bridgehead atoms. The minimum atomic E-state index is -0.148. The molecule has 0 aliphatic carbocycles. The first-order chi connectivity index (χ1) is 13.1. The molecule has 27 heavy (non-hydrogen) atoms. The molecular formula is C19H18ClN3OS3. The molecule has 0 spiro atoms. The van der Waals surface area contributed by atoms with Gasteiger partial charge in [0.25, 0.3) is 5.91 Å². The number of amides is 1. The SMILES string of the molecule is Cc1nc(-c2ccsc2)sc1C(=O)Nc1ccc(N2CCSCC2)c(Cl)c1. The van der Waals surface area contributed by atoms with Gasteiger partial charge in [-0.3, -0.25) is 4.79 Å². The van der Waals surface area contributed by atoms with Crippen molar-refractivity contribution in [2.45, 2.75) is 6.92 Å². The molecule has 1 aliphatic rings. The van der Waals surface area contributed by atoms with Gasteiger partial charge in [-0.2, -0.15) is 23.1 Å². The molecule has 2 aromatic heterocycles. The highest BCUT2D eigenvalue weighted by molar-refractivity contribution is 7.99. The quantitative estimate of drug-likeness (QED) is 0.576. The maximum atomic E-state index is 12.7. The number of benzene rings is 1. The molecule has 1 fully saturated rings. The predicted octanol–water partition coefficient (Wildman–Crippen LogP) is 5.64. The highest BCUT2D eigenvalue weighted by atomic mass is 35.5. The van der Waals surface area contributed by atoms with E-state index in [1.165, 1.54) is 11.3 Å². The van der Waals surface area contributed by atoms with Gasteiger partial charge in [0.1, 0.15) is 9.88 Å². The maximum absolute atomic E-state index is 12.7. The Morgan fingerprint density at radius 3 is 2.78 bits per heavy atom. The Labute approximate surface area is 175 Å². The van der Waals surface area contributed by atoms with Crippen LogP contribution in [0.1, 0.15) is 15.4 Å². The molecule has 1 aliphatic heterocycles. The highest BCUT2D eigenvalue weighted by Gasteiger charge is 2.18. The number of thiophene rings is 1. The zero-order valence-corrected chi connectivity index (χ0v) is 17.9. The number of hydrogen-bond acceptors (Lipinski definition) is 6. The predicted molar refractivity (Wildman–Crippen MR) is 119 cm³/mol. The molecule has 1 aromatic carbocycles. The van der Waals surface area contributed by atoms with Gasteiger partial charge in [0.2, 0.25) is 0 Å². The molecule has 4 rings (SSSR count). The van der Waals surface area contributed by atoms with Crippen LogP contribution in [0.2, 0.25) is 5.02 Å². The van der Waals surface area contributed by atoms with E-state index in [9.17, 15) is 4.79 Å². The largest absolute Gasteiger partial charge is 0.369 e. The van der Waals surface area contributed by atoms with Crippen molar-refractivity contribution in [1.29, 1.82) is 0 Å². The van der Waals surface area contributed by atoms with Gasteiger partial charge in [0.15, 0.2) is 0 Å².